The molecule has 0 atom stereocenters. The third-order valence-electron chi connectivity index (χ3n) is 6.28. The molecule has 0 fully saturated rings. The minimum Gasteiger partial charge on any atom is -0.489 e. The fourth-order valence-electron chi connectivity index (χ4n) is 4.33. The van der Waals surface area contributed by atoms with E-state index in [4.69, 9.17) is 15.1 Å². The number of aromatic nitrogens is 4. The van der Waals surface area contributed by atoms with Crippen LogP contribution in [0.4, 0.5) is 5.82 Å². The lowest BCUT2D eigenvalue weighted by Gasteiger charge is -2.13. The number of nitrogens with one attached hydrogen (secondary N) is 4. The lowest BCUT2D eigenvalue weighted by molar-refractivity contribution is 0.306. The molecule has 200 valence electrons. The van der Waals surface area contributed by atoms with Gasteiger partial charge in [-0.15, -0.1) is 10.2 Å². The number of allylic oxidation sites excluding steroid dienone is 1. The zero-order valence-corrected chi connectivity index (χ0v) is 22.8. The molecule has 9 heteroatoms. The summed E-state index contributed by atoms with van der Waals surface area (Å²) in [4.78, 5) is 4.88. The standard InChI is InChI=1S/C29H38N8O/c1-19(2)16-20(3)32-14-6-7-15-33-28-29-36-35-21(4)37(29)26-13-12-24(17-25(26)34-28)38-18-22-8-10-23(11-9-22)27(30)31-5/h8-13,17,19,32H,3,6-7,14-16,18H2,1-2,4-5H3,(H2,30,31)(H,33,34). The van der Waals surface area contributed by atoms with Crippen molar-refractivity contribution in [1.29, 1.82) is 5.41 Å². The van der Waals surface area contributed by atoms with E-state index in [9.17, 15) is 0 Å². The minimum atomic E-state index is 0.391. The van der Waals surface area contributed by atoms with Crippen molar-refractivity contribution in [1.82, 2.24) is 30.2 Å². The monoisotopic (exact) mass is 514 g/mol. The second-order valence-corrected chi connectivity index (χ2v) is 9.89. The van der Waals surface area contributed by atoms with Crippen molar-refractivity contribution in [3.63, 3.8) is 0 Å². The van der Waals surface area contributed by atoms with Gasteiger partial charge in [0.2, 0.25) is 5.65 Å². The molecule has 2 aromatic heterocycles. The SMILES string of the molecule is C=C(CC(C)C)NCCCCNc1nc2cc(OCc3ccc(C(=N)NC)cc3)ccc2n2c(C)nnc12. The highest BCUT2D eigenvalue weighted by molar-refractivity contribution is 5.96. The summed E-state index contributed by atoms with van der Waals surface area (Å²) in [6.45, 7) is 12.6. The summed E-state index contributed by atoms with van der Waals surface area (Å²) in [5.74, 6) is 3.27. The first-order valence-electron chi connectivity index (χ1n) is 13.1. The molecule has 38 heavy (non-hydrogen) atoms. The molecule has 0 saturated carbocycles. The average molecular weight is 515 g/mol. The summed E-state index contributed by atoms with van der Waals surface area (Å²) in [5.41, 5.74) is 5.44. The van der Waals surface area contributed by atoms with Crippen LogP contribution in [-0.4, -0.2) is 45.6 Å². The van der Waals surface area contributed by atoms with Crippen LogP contribution in [0, 0.1) is 18.3 Å². The second-order valence-electron chi connectivity index (χ2n) is 9.89. The summed E-state index contributed by atoms with van der Waals surface area (Å²) in [5, 5.41) is 26.3. The fourth-order valence-corrected chi connectivity index (χ4v) is 4.33. The van der Waals surface area contributed by atoms with E-state index < -0.39 is 0 Å². The van der Waals surface area contributed by atoms with Crippen LogP contribution in [0.3, 0.4) is 0 Å². The predicted octanol–water partition coefficient (Wildman–Crippen LogP) is 5.05. The molecule has 2 aromatic carbocycles. The van der Waals surface area contributed by atoms with Gasteiger partial charge in [0.05, 0.1) is 11.0 Å². The van der Waals surface area contributed by atoms with Gasteiger partial charge in [0.25, 0.3) is 0 Å². The minimum absolute atomic E-state index is 0.391. The largest absolute Gasteiger partial charge is 0.489 e. The molecule has 4 aromatic rings. The van der Waals surface area contributed by atoms with Crippen LogP contribution < -0.4 is 20.7 Å². The van der Waals surface area contributed by atoms with Crippen molar-refractivity contribution in [2.45, 2.75) is 46.6 Å². The molecule has 0 aliphatic heterocycles. The highest BCUT2D eigenvalue weighted by atomic mass is 16.5. The van der Waals surface area contributed by atoms with E-state index in [1.54, 1.807) is 7.05 Å². The van der Waals surface area contributed by atoms with E-state index in [1.165, 1.54) is 0 Å². The first-order valence-corrected chi connectivity index (χ1v) is 13.1. The number of anilines is 1. The lowest BCUT2D eigenvalue weighted by Crippen LogP contribution is -2.17. The highest BCUT2D eigenvalue weighted by Crippen LogP contribution is 2.25. The molecular formula is C29H38N8O. The highest BCUT2D eigenvalue weighted by Gasteiger charge is 2.14. The van der Waals surface area contributed by atoms with Crippen LogP contribution in [0.5, 0.6) is 5.75 Å². The molecule has 9 nitrogen and oxygen atoms in total. The molecule has 0 radical (unpaired) electrons. The maximum Gasteiger partial charge on any atom is 0.204 e. The van der Waals surface area contributed by atoms with Crippen LogP contribution in [0.1, 0.15) is 50.1 Å². The van der Waals surface area contributed by atoms with E-state index in [0.717, 1.165) is 83.2 Å². The summed E-state index contributed by atoms with van der Waals surface area (Å²) < 4.78 is 8.10. The molecule has 0 aliphatic carbocycles. The molecule has 4 rings (SSSR count). The Kier molecular flexibility index (Phi) is 8.78. The molecule has 0 spiro atoms. The molecule has 0 aliphatic rings. The van der Waals surface area contributed by atoms with E-state index in [-0.39, 0.29) is 0 Å². The van der Waals surface area contributed by atoms with Gasteiger partial charge in [-0.1, -0.05) is 44.7 Å². The smallest absolute Gasteiger partial charge is 0.204 e. The number of amidine groups is 1. The van der Waals surface area contributed by atoms with Crippen molar-refractivity contribution in [2.75, 3.05) is 25.5 Å². The Balaban J connectivity index is 1.41. The van der Waals surface area contributed by atoms with Gasteiger partial charge in [-0.05, 0) is 49.8 Å². The Morgan fingerprint density at radius 2 is 1.84 bits per heavy atom. The third kappa shape index (κ3) is 6.59. The van der Waals surface area contributed by atoms with Crippen molar-refractivity contribution >= 4 is 28.3 Å². The van der Waals surface area contributed by atoms with Crippen molar-refractivity contribution in [3.05, 3.63) is 71.7 Å². The van der Waals surface area contributed by atoms with Gasteiger partial charge in [0.1, 0.15) is 24.0 Å². The van der Waals surface area contributed by atoms with Crippen LogP contribution in [0.25, 0.3) is 16.7 Å². The number of fused-ring (bicyclic) bond motifs is 3. The molecule has 0 unspecified atom stereocenters. The normalized spacial score (nSPS) is 11.2. The first kappa shape index (κ1) is 26.9. The second kappa shape index (κ2) is 12.4. The van der Waals surface area contributed by atoms with E-state index in [0.29, 0.717) is 18.4 Å². The van der Waals surface area contributed by atoms with Gasteiger partial charge >= 0.3 is 0 Å². The summed E-state index contributed by atoms with van der Waals surface area (Å²) in [6, 6.07) is 13.7. The molecule has 0 bridgehead atoms. The molecule has 0 amide bonds. The van der Waals surface area contributed by atoms with Gasteiger partial charge in [-0.2, -0.15) is 0 Å². The van der Waals surface area contributed by atoms with Crippen LogP contribution in [-0.2, 0) is 6.61 Å². The zero-order chi connectivity index (χ0) is 27.1. The maximum atomic E-state index is 7.88. The van der Waals surface area contributed by atoms with Gasteiger partial charge in [-0.3, -0.25) is 9.81 Å². The number of aryl methyl sites for hydroxylation is 1. The van der Waals surface area contributed by atoms with Gasteiger partial charge < -0.3 is 20.7 Å². The Morgan fingerprint density at radius 3 is 2.58 bits per heavy atom. The average Bonchev–Trinajstić information content (AvgIpc) is 3.30. The maximum absolute atomic E-state index is 7.88. The Bertz CT molecular complexity index is 1410. The Morgan fingerprint density at radius 1 is 1.08 bits per heavy atom. The van der Waals surface area contributed by atoms with Crippen LogP contribution in [0.2, 0.25) is 0 Å². The first-order chi connectivity index (χ1) is 18.4. The topological polar surface area (TPSA) is 112 Å². The van der Waals surface area contributed by atoms with Gasteiger partial charge in [0, 0.05) is 37.5 Å². The van der Waals surface area contributed by atoms with Gasteiger partial charge in [-0.25, -0.2) is 4.98 Å². The Labute approximate surface area is 224 Å². The molecular weight excluding hydrogens is 476 g/mol. The summed E-state index contributed by atoms with van der Waals surface area (Å²) in [6.07, 6.45) is 3.04. The summed E-state index contributed by atoms with van der Waals surface area (Å²) >= 11 is 0. The molecule has 2 heterocycles. The quantitative estimate of drug-likeness (QED) is 0.112. The number of hydrogen-bond donors (Lipinski definition) is 4. The van der Waals surface area contributed by atoms with Crippen LogP contribution >= 0.6 is 0 Å². The Hall–Kier alpha value is -4.14. The van der Waals surface area contributed by atoms with Gasteiger partial charge in [0.15, 0.2) is 5.82 Å². The zero-order valence-electron chi connectivity index (χ0n) is 22.8. The number of unbranched alkanes of at least 4 members (excludes halogenated alkanes) is 1. The van der Waals surface area contributed by atoms with E-state index >= 15 is 0 Å². The summed E-state index contributed by atoms with van der Waals surface area (Å²) in [7, 11) is 1.74. The van der Waals surface area contributed by atoms with E-state index in [2.05, 4.69) is 46.6 Å². The van der Waals surface area contributed by atoms with Crippen LogP contribution in [0.15, 0.2) is 54.7 Å². The predicted molar refractivity (Wildman–Crippen MR) is 154 cm³/mol. The lowest BCUT2D eigenvalue weighted by atomic mass is 10.1. The van der Waals surface area contributed by atoms with Crippen molar-refractivity contribution in [3.8, 4) is 5.75 Å². The third-order valence-corrected chi connectivity index (χ3v) is 6.28. The number of hydrogen-bond acceptors (Lipinski definition) is 7. The number of benzene rings is 2. The fraction of sp³-hybridized carbons (Fsp3) is 0.379. The number of rotatable bonds is 13. The van der Waals surface area contributed by atoms with Crippen molar-refractivity contribution in [2.24, 2.45) is 5.92 Å². The molecule has 0 saturated heterocycles. The van der Waals surface area contributed by atoms with Crippen molar-refractivity contribution < 1.29 is 4.74 Å². The number of nitrogens with zero attached hydrogens (tertiary/aromatic N) is 4. The van der Waals surface area contributed by atoms with E-state index in [1.807, 2.05) is 53.8 Å². The molecule has 4 N–H and O–H groups in total. The number of ether oxygens (including phenoxy) is 1.